The zero-order valence-corrected chi connectivity index (χ0v) is 20.5. The number of thiophene rings is 1. The molecule has 2 heterocycles. The number of H-pyrrole nitrogens is 1. The third-order valence-electron chi connectivity index (χ3n) is 6.64. The number of benzene rings is 2. The number of hydrogen-bond donors (Lipinski definition) is 1. The maximum atomic E-state index is 12.8. The lowest BCUT2D eigenvalue weighted by molar-refractivity contribution is 0.217. The molecule has 0 aliphatic heterocycles. The van der Waals surface area contributed by atoms with Crippen molar-refractivity contribution >= 4 is 21.6 Å². The number of rotatable bonds is 8. The number of ether oxygens (including phenoxy) is 2. The van der Waals surface area contributed by atoms with E-state index < -0.39 is 0 Å². The van der Waals surface area contributed by atoms with Crippen LogP contribution in [0.25, 0.3) is 21.6 Å². The van der Waals surface area contributed by atoms with E-state index in [-0.39, 0.29) is 5.56 Å². The maximum absolute atomic E-state index is 12.8. The first-order valence-electron chi connectivity index (χ1n) is 12.1. The Balaban J connectivity index is 1.19. The van der Waals surface area contributed by atoms with Crippen molar-refractivity contribution in [3.8, 4) is 22.9 Å². The summed E-state index contributed by atoms with van der Waals surface area (Å²) < 4.78 is 11.6. The van der Waals surface area contributed by atoms with Gasteiger partial charge < -0.3 is 14.5 Å². The molecule has 1 atom stereocenters. The number of aromatic nitrogens is 2. The number of hydrogen-bond acceptors (Lipinski definition) is 5. The molecule has 1 aliphatic rings. The first-order chi connectivity index (χ1) is 16.6. The lowest BCUT2D eigenvalue weighted by atomic mass is 9.97. The molecule has 34 heavy (non-hydrogen) atoms. The fraction of sp³-hybridized carbons (Fsp3) is 0.357. The van der Waals surface area contributed by atoms with Crippen LogP contribution in [0.15, 0.2) is 53.3 Å². The zero-order chi connectivity index (χ0) is 23.5. The van der Waals surface area contributed by atoms with Gasteiger partial charge in [0.25, 0.3) is 5.56 Å². The highest BCUT2D eigenvalue weighted by molar-refractivity contribution is 7.18. The van der Waals surface area contributed by atoms with E-state index in [0.29, 0.717) is 25.0 Å². The summed E-state index contributed by atoms with van der Waals surface area (Å²) >= 11 is 1.67. The van der Waals surface area contributed by atoms with E-state index in [1.807, 2.05) is 36.4 Å². The van der Waals surface area contributed by atoms with Gasteiger partial charge in [0.15, 0.2) is 0 Å². The van der Waals surface area contributed by atoms with Gasteiger partial charge in [-0.3, -0.25) is 4.79 Å². The molecular formula is C28H30N2O3S. The molecule has 5 rings (SSSR count). The minimum Gasteiger partial charge on any atom is -0.490 e. The number of aromatic amines is 1. The second-order valence-corrected chi connectivity index (χ2v) is 9.99. The maximum Gasteiger partial charge on any atom is 0.260 e. The average Bonchev–Trinajstić information content (AvgIpc) is 3.26. The number of nitrogens with zero attached hydrogens (tertiary/aromatic N) is 1. The first kappa shape index (κ1) is 22.7. The third-order valence-corrected chi connectivity index (χ3v) is 7.82. The molecule has 0 saturated carbocycles. The van der Waals surface area contributed by atoms with Gasteiger partial charge in [-0.1, -0.05) is 26.0 Å². The third kappa shape index (κ3) is 4.73. The van der Waals surface area contributed by atoms with Crippen LogP contribution in [0.1, 0.15) is 55.0 Å². The van der Waals surface area contributed by atoms with Crippen molar-refractivity contribution < 1.29 is 9.47 Å². The summed E-state index contributed by atoms with van der Waals surface area (Å²) in [5.74, 6) is 2.78. The predicted octanol–water partition coefficient (Wildman–Crippen LogP) is 6.50. The molecule has 1 N–H and O–H groups in total. The van der Waals surface area contributed by atoms with Gasteiger partial charge in [-0.05, 0) is 85.5 Å². The van der Waals surface area contributed by atoms with Crippen LogP contribution in [-0.4, -0.2) is 23.2 Å². The van der Waals surface area contributed by atoms with E-state index in [1.54, 1.807) is 11.3 Å². The highest BCUT2D eigenvalue weighted by Gasteiger charge is 2.20. The second kappa shape index (κ2) is 10.0. The summed E-state index contributed by atoms with van der Waals surface area (Å²) in [6, 6.07) is 16.0. The lowest BCUT2D eigenvalue weighted by Crippen LogP contribution is -2.11. The van der Waals surface area contributed by atoms with Gasteiger partial charge in [0.2, 0.25) is 0 Å². The molecule has 0 spiro atoms. The minimum atomic E-state index is -0.0333. The second-order valence-electron chi connectivity index (χ2n) is 8.91. The fourth-order valence-electron chi connectivity index (χ4n) is 4.46. The smallest absolute Gasteiger partial charge is 0.260 e. The Morgan fingerprint density at radius 1 is 0.971 bits per heavy atom. The summed E-state index contributed by atoms with van der Waals surface area (Å²) in [7, 11) is 0. The Morgan fingerprint density at radius 3 is 2.29 bits per heavy atom. The Hall–Kier alpha value is -3.12. The number of fused-ring (bicyclic) bond motifs is 3. The summed E-state index contributed by atoms with van der Waals surface area (Å²) in [6.45, 7) is 5.35. The van der Waals surface area contributed by atoms with E-state index in [2.05, 4.69) is 31.0 Å². The van der Waals surface area contributed by atoms with Crippen LogP contribution >= 0.6 is 11.3 Å². The molecular weight excluding hydrogens is 444 g/mol. The molecule has 0 saturated heterocycles. The molecule has 0 amide bonds. The van der Waals surface area contributed by atoms with Crippen LogP contribution in [0, 0.1) is 0 Å². The summed E-state index contributed by atoms with van der Waals surface area (Å²) in [5.41, 5.74) is 3.38. The summed E-state index contributed by atoms with van der Waals surface area (Å²) in [5, 5.41) is 0.790. The van der Waals surface area contributed by atoms with Gasteiger partial charge in [-0.2, -0.15) is 0 Å². The van der Waals surface area contributed by atoms with Crippen molar-refractivity contribution in [2.24, 2.45) is 0 Å². The Bertz CT molecular complexity index is 1320. The van der Waals surface area contributed by atoms with Crippen molar-refractivity contribution in [2.45, 2.75) is 51.9 Å². The van der Waals surface area contributed by atoms with E-state index in [4.69, 9.17) is 14.5 Å². The molecule has 5 nitrogen and oxygen atoms in total. The van der Waals surface area contributed by atoms with Crippen molar-refractivity contribution in [2.75, 3.05) is 13.2 Å². The fourth-order valence-corrected chi connectivity index (χ4v) is 5.72. The van der Waals surface area contributed by atoms with E-state index in [0.717, 1.165) is 53.0 Å². The molecule has 1 aliphatic carbocycles. The van der Waals surface area contributed by atoms with E-state index in [1.165, 1.54) is 22.4 Å². The number of aryl methyl sites for hydroxylation is 2. The Labute approximate surface area is 203 Å². The summed E-state index contributed by atoms with van der Waals surface area (Å²) in [4.78, 5) is 22.7. The van der Waals surface area contributed by atoms with Crippen molar-refractivity contribution in [1.82, 2.24) is 9.97 Å². The monoisotopic (exact) mass is 474 g/mol. The highest BCUT2D eigenvalue weighted by atomic mass is 32.1. The van der Waals surface area contributed by atoms with Gasteiger partial charge in [-0.25, -0.2) is 4.98 Å². The average molecular weight is 475 g/mol. The Kier molecular flexibility index (Phi) is 6.68. The molecule has 0 unspecified atom stereocenters. The molecule has 2 aromatic carbocycles. The minimum absolute atomic E-state index is 0.0333. The van der Waals surface area contributed by atoms with Gasteiger partial charge in [0, 0.05) is 10.4 Å². The zero-order valence-electron chi connectivity index (χ0n) is 19.7. The van der Waals surface area contributed by atoms with Gasteiger partial charge in [0.1, 0.15) is 35.4 Å². The van der Waals surface area contributed by atoms with Gasteiger partial charge in [0.05, 0.1) is 5.39 Å². The van der Waals surface area contributed by atoms with Gasteiger partial charge in [-0.15, -0.1) is 11.3 Å². The van der Waals surface area contributed by atoms with E-state index in [9.17, 15) is 4.79 Å². The molecule has 0 bridgehead atoms. The predicted molar refractivity (Wildman–Crippen MR) is 138 cm³/mol. The molecule has 2 aromatic heterocycles. The molecule has 176 valence electrons. The molecule has 4 aromatic rings. The summed E-state index contributed by atoms with van der Waals surface area (Å²) in [6.07, 6.45) is 5.52. The van der Waals surface area contributed by atoms with Crippen LogP contribution < -0.4 is 15.0 Å². The molecule has 0 fully saturated rings. The van der Waals surface area contributed by atoms with Gasteiger partial charge >= 0.3 is 0 Å². The lowest BCUT2D eigenvalue weighted by Gasteiger charge is -2.11. The van der Waals surface area contributed by atoms with Crippen LogP contribution in [-0.2, 0) is 12.8 Å². The van der Waals surface area contributed by atoms with Crippen LogP contribution in [0.4, 0.5) is 0 Å². The highest BCUT2D eigenvalue weighted by Crippen LogP contribution is 2.34. The van der Waals surface area contributed by atoms with Crippen LogP contribution in [0.3, 0.4) is 0 Å². The van der Waals surface area contributed by atoms with Crippen LogP contribution in [0.5, 0.6) is 11.5 Å². The standard InChI is InChI=1S/C28H30N2O3S/c1-3-18(2)19-8-12-21(13-9-19)32-16-17-33-22-14-10-20(11-15-22)26-29-27(31)25-23-6-4-5-7-24(23)34-28(25)30-26/h8-15,18H,3-7,16-17H2,1-2H3,(H,29,30,31)/t18-/m0/s1. The number of nitrogens with one attached hydrogen (secondary N) is 1. The topological polar surface area (TPSA) is 64.2 Å². The quantitative estimate of drug-likeness (QED) is 0.296. The van der Waals surface area contributed by atoms with Crippen molar-refractivity contribution in [1.29, 1.82) is 0 Å². The Morgan fingerprint density at radius 2 is 1.62 bits per heavy atom. The molecule has 6 heteroatoms. The normalized spacial score (nSPS) is 14.1. The van der Waals surface area contributed by atoms with Crippen LogP contribution in [0.2, 0.25) is 0 Å². The molecule has 0 radical (unpaired) electrons. The largest absolute Gasteiger partial charge is 0.490 e. The first-order valence-corrected chi connectivity index (χ1v) is 12.9. The SMILES string of the molecule is CC[C@H](C)c1ccc(OCCOc2ccc(-c3nc4sc5c(c4c(=O)[nH]3)CCCC5)cc2)cc1. The van der Waals surface area contributed by atoms with Crippen molar-refractivity contribution in [3.05, 3.63) is 74.9 Å². The van der Waals surface area contributed by atoms with Crippen molar-refractivity contribution in [3.63, 3.8) is 0 Å². The van der Waals surface area contributed by atoms with E-state index >= 15 is 0 Å².